The Morgan fingerprint density at radius 1 is 1.32 bits per heavy atom. The summed E-state index contributed by atoms with van der Waals surface area (Å²) in [5, 5.41) is 3.38. The molecule has 1 amide bonds. The number of carbonyl (C=O) groups is 1. The predicted molar refractivity (Wildman–Crippen MR) is 118 cm³/mol. The SMILES string of the molecule is C=CC(=O)N1CCCC(n2c(Nc3ccccc3)nc3cncnc32)C1.CS(=O)(=O)O. The fourth-order valence-corrected chi connectivity index (χ4v) is 3.43. The minimum absolute atomic E-state index is 0.0358. The number of benzene rings is 1. The van der Waals surface area contributed by atoms with E-state index in [4.69, 9.17) is 4.55 Å². The molecule has 1 unspecified atom stereocenters. The molecule has 0 aliphatic carbocycles. The van der Waals surface area contributed by atoms with E-state index in [0.717, 1.165) is 36.2 Å². The van der Waals surface area contributed by atoms with Gasteiger partial charge in [0.1, 0.15) is 11.8 Å². The third-order valence-electron chi connectivity index (χ3n) is 4.63. The molecule has 1 aliphatic heterocycles. The second-order valence-electron chi connectivity index (χ2n) is 7.05. The van der Waals surface area contributed by atoms with Crippen LogP contribution in [0.5, 0.6) is 0 Å². The normalized spacial score (nSPS) is 16.3. The number of amides is 1. The molecule has 0 saturated carbocycles. The lowest BCUT2D eigenvalue weighted by atomic mass is 10.1. The Morgan fingerprint density at radius 2 is 2.03 bits per heavy atom. The largest absolute Gasteiger partial charge is 0.337 e. The summed E-state index contributed by atoms with van der Waals surface area (Å²) in [7, 11) is -3.67. The Bertz CT molecular complexity index is 1150. The van der Waals surface area contributed by atoms with Gasteiger partial charge in [0.25, 0.3) is 10.1 Å². The van der Waals surface area contributed by atoms with Crippen LogP contribution in [0.2, 0.25) is 0 Å². The quantitative estimate of drug-likeness (QED) is 0.463. The van der Waals surface area contributed by atoms with Crippen LogP contribution in [-0.2, 0) is 14.9 Å². The number of aromatic nitrogens is 4. The monoisotopic (exact) mass is 444 g/mol. The van der Waals surface area contributed by atoms with E-state index in [1.54, 1.807) is 6.20 Å². The highest BCUT2D eigenvalue weighted by Crippen LogP contribution is 2.30. The molecule has 3 heterocycles. The molecule has 164 valence electrons. The molecule has 11 heteroatoms. The number of hydrogen-bond donors (Lipinski definition) is 2. The number of nitrogens with one attached hydrogen (secondary N) is 1. The Morgan fingerprint density at radius 3 is 2.71 bits per heavy atom. The Hall–Kier alpha value is -3.31. The van der Waals surface area contributed by atoms with Gasteiger partial charge in [-0.3, -0.25) is 13.9 Å². The van der Waals surface area contributed by atoms with Gasteiger partial charge in [0.2, 0.25) is 11.9 Å². The summed E-state index contributed by atoms with van der Waals surface area (Å²) in [4.78, 5) is 27.1. The summed E-state index contributed by atoms with van der Waals surface area (Å²) in [6.45, 7) is 4.97. The third-order valence-corrected chi connectivity index (χ3v) is 4.63. The highest BCUT2D eigenvalue weighted by Gasteiger charge is 2.27. The summed E-state index contributed by atoms with van der Waals surface area (Å²) < 4.78 is 28.0. The van der Waals surface area contributed by atoms with E-state index in [2.05, 4.69) is 31.4 Å². The standard InChI is InChI=1S/C19H20N6O.CH4O3S/c1-2-17(26)24-10-6-9-15(12-24)25-18-16(11-20-13-21-18)23-19(25)22-14-7-4-3-5-8-14;1-5(2,3)4/h2-5,7-8,11,13,15H,1,6,9-10,12H2,(H,22,23);1H3,(H,2,3,4). The molecule has 1 fully saturated rings. The first-order chi connectivity index (χ1) is 14.8. The van der Waals surface area contributed by atoms with Gasteiger partial charge in [0, 0.05) is 18.8 Å². The van der Waals surface area contributed by atoms with Gasteiger partial charge in [0.05, 0.1) is 18.5 Å². The van der Waals surface area contributed by atoms with Crippen molar-refractivity contribution in [1.29, 1.82) is 0 Å². The molecule has 31 heavy (non-hydrogen) atoms. The average molecular weight is 445 g/mol. The molecule has 10 nitrogen and oxygen atoms in total. The summed E-state index contributed by atoms with van der Waals surface area (Å²) in [5.74, 6) is 0.677. The van der Waals surface area contributed by atoms with Crippen molar-refractivity contribution < 1.29 is 17.8 Å². The van der Waals surface area contributed by atoms with Crippen molar-refractivity contribution in [3.8, 4) is 0 Å². The molecule has 4 rings (SSSR count). The topological polar surface area (TPSA) is 130 Å². The van der Waals surface area contributed by atoms with Crippen molar-refractivity contribution in [3.63, 3.8) is 0 Å². The van der Waals surface area contributed by atoms with E-state index in [-0.39, 0.29) is 11.9 Å². The van der Waals surface area contributed by atoms with Gasteiger partial charge < -0.3 is 10.2 Å². The molecule has 1 atom stereocenters. The highest BCUT2D eigenvalue weighted by molar-refractivity contribution is 7.85. The zero-order valence-electron chi connectivity index (χ0n) is 17.0. The lowest BCUT2D eigenvalue weighted by Gasteiger charge is -2.33. The zero-order chi connectivity index (χ0) is 22.4. The minimum Gasteiger partial charge on any atom is -0.337 e. The Kier molecular flexibility index (Phi) is 6.98. The van der Waals surface area contributed by atoms with E-state index in [0.29, 0.717) is 18.7 Å². The second-order valence-corrected chi connectivity index (χ2v) is 8.51. The van der Waals surface area contributed by atoms with Gasteiger partial charge in [0.15, 0.2) is 5.65 Å². The van der Waals surface area contributed by atoms with E-state index in [1.165, 1.54) is 12.4 Å². The lowest BCUT2D eigenvalue weighted by Crippen LogP contribution is -2.40. The maximum Gasteiger partial charge on any atom is 0.261 e. The first-order valence-corrected chi connectivity index (χ1v) is 11.4. The van der Waals surface area contributed by atoms with Crippen LogP contribution in [0, 0.1) is 0 Å². The van der Waals surface area contributed by atoms with Crippen molar-refractivity contribution >= 4 is 38.8 Å². The predicted octanol–water partition coefficient (Wildman–Crippen LogP) is 2.42. The van der Waals surface area contributed by atoms with Crippen LogP contribution in [-0.4, -0.2) is 62.6 Å². The number of piperidine rings is 1. The van der Waals surface area contributed by atoms with Crippen molar-refractivity contribution in [2.75, 3.05) is 24.7 Å². The van der Waals surface area contributed by atoms with Crippen LogP contribution in [0.1, 0.15) is 18.9 Å². The van der Waals surface area contributed by atoms with Crippen LogP contribution in [0.4, 0.5) is 11.6 Å². The van der Waals surface area contributed by atoms with Crippen molar-refractivity contribution in [3.05, 3.63) is 55.5 Å². The smallest absolute Gasteiger partial charge is 0.261 e. The number of carbonyl (C=O) groups excluding carboxylic acids is 1. The molecule has 1 saturated heterocycles. The number of fused-ring (bicyclic) bond motifs is 1. The van der Waals surface area contributed by atoms with Gasteiger partial charge in [-0.25, -0.2) is 15.0 Å². The van der Waals surface area contributed by atoms with Gasteiger partial charge in [-0.1, -0.05) is 24.8 Å². The van der Waals surface area contributed by atoms with Gasteiger partial charge in [-0.15, -0.1) is 0 Å². The Balaban J connectivity index is 0.000000491. The molecule has 2 aromatic heterocycles. The van der Waals surface area contributed by atoms with Gasteiger partial charge in [-0.05, 0) is 31.1 Å². The van der Waals surface area contributed by atoms with E-state index in [9.17, 15) is 13.2 Å². The van der Waals surface area contributed by atoms with Crippen molar-refractivity contribution in [1.82, 2.24) is 24.4 Å². The van der Waals surface area contributed by atoms with Crippen molar-refractivity contribution in [2.45, 2.75) is 18.9 Å². The zero-order valence-corrected chi connectivity index (χ0v) is 17.9. The van der Waals surface area contributed by atoms with Gasteiger partial charge in [-0.2, -0.15) is 8.42 Å². The summed E-state index contributed by atoms with van der Waals surface area (Å²) in [6, 6.07) is 9.99. The van der Waals surface area contributed by atoms with Crippen LogP contribution in [0.25, 0.3) is 11.2 Å². The first kappa shape index (κ1) is 22.4. The molecular formula is C20H24N6O4S. The van der Waals surface area contributed by atoms with E-state index < -0.39 is 10.1 Å². The molecule has 3 aromatic rings. The summed E-state index contributed by atoms with van der Waals surface area (Å²) in [6.07, 6.45) is 7.22. The molecule has 1 aliphatic rings. The lowest BCUT2D eigenvalue weighted by molar-refractivity contribution is -0.127. The maximum atomic E-state index is 12.1. The molecule has 0 radical (unpaired) electrons. The number of rotatable bonds is 4. The van der Waals surface area contributed by atoms with Crippen molar-refractivity contribution in [2.24, 2.45) is 0 Å². The fourth-order valence-electron chi connectivity index (χ4n) is 3.43. The van der Waals surface area contributed by atoms with Gasteiger partial charge >= 0.3 is 0 Å². The second kappa shape index (κ2) is 9.67. The number of para-hydroxylation sites is 1. The number of likely N-dealkylation sites (tertiary alicyclic amines) is 1. The number of hydrogen-bond acceptors (Lipinski definition) is 7. The molecule has 0 bridgehead atoms. The summed E-state index contributed by atoms with van der Waals surface area (Å²) in [5.41, 5.74) is 2.46. The molecule has 1 aromatic carbocycles. The third kappa shape index (κ3) is 6.09. The number of imidazole rings is 1. The number of anilines is 2. The number of nitrogens with zero attached hydrogens (tertiary/aromatic N) is 5. The van der Waals surface area contributed by atoms with Crippen LogP contribution in [0.3, 0.4) is 0 Å². The highest BCUT2D eigenvalue weighted by atomic mass is 32.2. The maximum absolute atomic E-state index is 12.1. The van der Waals surface area contributed by atoms with E-state index >= 15 is 0 Å². The minimum atomic E-state index is -3.67. The fraction of sp³-hybridized carbons (Fsp3) is 0.300. The Labute approximate surface area is 180 Å². The van der Waals surface area contributed by atoms with E-state index in [1.807, 2.05) is 35.2 Å². The average Bonchev–Trinajstić information content (AvgIpc) is 3.10. The molecule has 0 spiro atoms. The first-order valence-electron chi connectivity index (χ1n) is 9.60. The molecule has 2 N–H and O–H groups in total. The van der Waals surface area contributed by atoms with Crippen LogP contribution < -0.4 is 5.32 Å². The van der Waals surface area contributed by atoms with Crippen LogP contribution in [0.15, 0.2) is 55.5 Å². The molecular weight excluding hydrogens is 420 g/mol. The summed E-state index contributed by atoms with van der Waals surface area (Å²) >= 11 is 0. The van der Waals surface area contributed by atoms with Crippen LogP contribution >= 0.6 is 0 Å².